The van der Waals surface area contributed by atoms with Gasteiger partial charge in [-0.3, -0.25) is 14.4 Å². The average Bonchev–Trinajstić information content (AvgIpc) is 2.89. The van der Waals surface area contributed by atoms with E-state index in [1.165, 1.54) is 5.57 Å². The molecule has 2 bridgehead atoms. The van der Waals surface area contributed by atoms with Crippen molar-refractivity contribution in [3.8, 4) is 0 Å². The van der Waals surface area contributed by atoms with Crippen molar-refractivity contribution in [3.63, 3.8) is 0 Å². The molecule has 5 nitrogen and oxygen atoms in total. The molecule has 5 heteroatoms. The molecule has 1 aliphatic heterocycles. The van der Waals surface area contributed by atoms with Gasteiger partial charge in [0, 0.05) is 13.1 Å². The van der Waals surface area contributed by atoms with Gasteiger partial charge in [-0.2, -0.15) is 0 Å². The second kappa shape index (κ2) is 5.42. The number of cyclic esters (lactones) is 2. The van der Waals surface area contributed by atoms with Crippen molar-refractivity contribution in [2.24, 2.45) is 40.9 Å². The Kier molecular flexibility index (Phi) is 3.64. The van der Waals surface area contributed by atoms with Crippen molar-refractivity contribution >= 4 is 17.8 Å². The third kappa shape index (κ3) is 2.10. The van der Waals surface area contributed by atoms with Crippen LogP contribution in [-0.4, -0.2) is 35.8 Å². The van der Waals surface area contributed by atoms with E-state index in [9.17, 15) is 14.4 Å². The van der Waals surface area contributed by atoms with Crippen LogP contribution in [-0.2, 0) is 19.1 Å². The molecule has 0 aromatic rings. The van der Waals surface area contributed by atoms with Gasteiger partial charge in [0.25, 0.3) is 0 Å². The maximum Gasteiger partial charge on any atom is 0.318 e. The largest absolute Gasteiger partial charge is 0.393 e. The van der Waals surface area contributed by atoms with Crippen LogP contribution in [0, 0.1) is 40.9 Å². The van der Waals surface area contributed by atoms with Crippen molar-refractivity contribution < 1.29 is 19.1 Å². The van der Waals surface area contributed by atoms with E-state index in [2.05, 4.69) is 13.8 Å². The zero-order chi connectivity index (χ0) is 18.1. The van der Waals surface area contributed by atoms with E-state index in [1.807, 2.05) is 19.9 Å². The molecule has 6 atom stereocenters. The normalized spacial score (nSPS) is 40.4. The Morgan fingerprint density at radius 1 is 1.16 bits per heavy atom. The van der Waals surface area contributed by atoms with Crippen LogP contribution >= 0.6 is 0 Å². The van der Waals surface area contributed by atoms with Gasteiger partial charge in [-0.25, -0.2) is 0 Å². The smallest absolute Gasteiger partial charge is 0.318 e. The fourth-order valence-electron chi connectivity index (χ4n) is 5.87. The van der Waals surface area contributed by atoms with Crippen molar-refractivity contribution in [1.82, 2.24) is 4.90 Å². The Labute approximate surface area is 148 Å². The predicted molar refractivity (Wildman–Crippen MR) is 91.1 cm³/mol. The molecule has 0 radical (unpaired) electrons. The highest BCUT2D eigenvalue weighted by atomic mass is 16.6. The summed E-state index contributed by atoms with van der Waals surface area (Å²) in [6, 6.07) is 0. The topological polar surface area (TPSA) is 63.7 Å². The number of hydrogen-bond acceptors (Lipinski definition) is 4. The van der Waals surface area contributed by atoms with Crippen molar-refractivity contribution in [2.75, 3.05) is 13.1 Å². The molecule has 4 aliphatic carbocycles. The first-order valence-corrected chi connectivity index (χ1v) is 9.57. The van der Waals surface area contributed by atoms with Crippen LogP contribution in [0.25, 0.3) is 0 Å². The summed E-state index contributed by atoms with van der Waals surface area (Å²) in [6.07, 6.45) is 4.13. The predicted octanol–water partition coefficient (Wildman–Crippen LogP) is 2.41. The Morgan fingerprint density at radius 2 is 1.80 bits per heavy atom. The van der Waals surface area contributed by atoms with E-state index < -0.39 is 29.7 Å². The zero-order valence-electron chi connectivity index (χ0n) is 15.5. The Balaban J connectivity index is 1.77. The molecule has 5 aliphatic rings. The van der Waals surface area contributed by atoms with E-state index in [0.29, 0.717) is 24.9 Å². The molecule has 1 heterocycles. The number of fused-ring (bicyclic) bond motifs is 1. The average molecular weight is 345 g/mol. The maximum absolute atomic E-state index is 13.1. The van der Waals surface area contributed by atoms with Crippen LogP contribution in [0.1, 0.15) is 40.5 Å². The molecule has 4 fully saturated rings. The molecule has 0 aromatic heterocycles. The summed E-state index contributed by atoms with van der Waals surface area (Å²) in [5.41, 5.74) is 1.47. The monoisotopic (exact) mass is 345 g/mol. The summed E-state index contributed by atoms with van der Waals surface area (Å²) in [5, 5.41) is 0. The minimum atomic E-state index is -0.630. The van der Waals surface area contributed by atoms with Gasteiger partial charge in [0.1, 0.15) is 0 Å². The highest BCUT2D eigenvalue weighted by molar-refractivity contribution is 6.00. The molecule has 1 amide bonds. The highest BCUT2D eigenvalue weighted by Gasteiger charge is 2.64. The summed E-state index contributed by atoms with van der Waals surface area (Å²) in [7, 11) is 0. The lowest BCUT2D eigenvalue weighted by atomic mass is 9.42. The van der Waals surface area contributed by atoms with Gasteiger partial charge in [-0.05, 0) is 49.9 Å². The molecule has 0 spiro atoms. The number of amides is 1. The van der Waals surface area contributed by atoms with Crippen LogP contribution in [0.3, 0.4) is 0 Å². The first-order valence-electron chi connectivity index (χ1n) is 9.57. The summed E-state index contributed by atoms with van der Waals surface area (Å²) in [4.78, 5) is 39.7. The van der Waals surface area contributed by atoms with Gasteiger partial charge in [0.15, 0.2) is 0 Å². The summed E-state index contributed by atoms with van der Waals surface area (Å²) in [6.45, 7) is 9.67. The zero-order valence-corrected chi connectivity index (χ0v) is 15.5. The van der Waals surface area contributed by atoms with Crippen LogP contribution in [0.15, 0.2) is 11.6 Å². The fraction of sp³-hybridized carbons (Fsp3) is 0.750. The van der Waals surface area contributed by atoms with Gasteiger partial charge in [0.05, 0.1) is 17.8 Å². The van der Waals surface area contributed by atoms with E-state index >= 15 is 0 Å². The van der Waals surface area contributed by atoms with E-state index in [-0.39, 0.29) is 17.2 Å². The first-order chi connectivity index (χ1) is 11.8. The minimum Gasteiger partial charge on any atom is -0.393 e. The quantitative estimate of drug-likeness (QED) is 0.448. The number of carbonyl (C=O) groups is 3. The number of allylic oxidation sites excluding steroid dienone is 1. The molecule has 0 N–H and O–H groups in total. The summed E-state index contributed by atoms with van der Waals surface area (Å²) >= 11 is 0. The number of nitrogens with zero attached hydrogens (tertiary/aromatic N) is 1. The molecular formula is C20H27NO4. The van der Waals surface area contributed by atoms with Crippen LogP contribution in [0.4, 0.5) is 0 Å². The van der Waals surface area contributed by atoms with Crippen molar-refractivity contribution in [1.29, 1.82) is 0 Å². The third-order valence-electron chi connectivity index (χ3n) is 7.52. The molecule has 136 valence electrons. The molecule has 3 saturated carbocycles. The van der Waals surface area contributed by atoms with Crippen LogP contribution in [0.5, 0.6) is 0 Å². The second-order valence-corrected chi connectivity index (χ2v) is 8.64. The van der Waals surface area contributed by atoms with Crippen molar-refractivity contribution in [3.05, 3.63) is 11.6 Å². The van der Waals surface area contributed by atoms with Gasteiger partial charge < -0.3 is 9.64 Å². The molecular weight excluding hydrogens is 318 g/mol. The van der Waals surface area contributed by atoms with Gasteiger partial charge >= 0.3 is 11.9 Å². The lowest BCUT2D eigenvalue weighted by Crippen LogP contribution is -2.56. The van der Waals surface area contributed by atoms with Gasteiger partial charge in [-0.1, -0.05) is 25.5 Å². The summed E-state index contributed by atoms with van der Waals surface area (Å²) in [5.74, 6) is -1.50. The number of hydrogen-bond donors (Lipinski definition) is 0. The van der Waals surface area contributed by atoms with E-state index in [0.717, 1.165) is 12.8 Å². The second-order valence-electron chi connectivity index (χ2n) is 8.64. The van der Waals surface area contributed by atoms with Crippen LogP contribution < -0.4 is 0 Å². The number of ether oxygens (including phenoxy) is 1. The van der Waals surface area contributed by atoms with Crippen LogP contribution in [0.2, 0.25) is 0 Å². The molecule has 25 heavy (non-hydrogen) atoms. The number of carbonyl (C=O) groups excluding carboxylic acids is 3. The van der Waals surface area contributed by atoms with E-state index in [1.54, 1.807) is 4.90 Å². The van der Waals surface area contributed by atoms with Gasteiger partial charge in [-0.15, -0.1) is 0 Å². The molecule has 0 aromatic carbocycles. The standard InChI is InChI=1S/C20H27NO4/c1-5-21(6-2)17(22)13-9-11-12(7-10-8-14(11)20(10,3)4)15-16(13)19(24)25-18(15)23/h9-10,12-16H,5-8H2,1-4H3/t10-,12-,13+,14+,15+,16-/m0/s1. The Bertz CT molecular complexity index is 675. The first kappa shape index (κ1) is 16.8. The Morgan fingerprint density at radius 3 is 2.40 bits per heavy atom. The molecule has 1 saturated heterocycles. The lowest BCUT2D eigenvalue weighted by Gasteiger charge is -2.62. The summed E-state index contributed by atoms with van der Waals surface area (Å²) < 4.78 is 5.00. The number of esters is 2. The Hall–Kier alpha value is -1.65. The third-order valence-corrected chi connectivity index (χ3v) is 7.52. The highest BCUT2D eigenvalue weighted by Crippen LogP contribution is 2.66. The number of rotatable bonds is 3. The SMILES string of the molecule is CCN(CC)C(=O)[C@@H]1C=C2[C@H]3C[C@H](C[C@@H]2[C@H]2C(=O)OC(=O)[C@H]21)C3(C)C. The molecule has 5 rings (SSSR count). The van der Waals surface area contributed by atoms with E-state index in [4.69, 9.17) is 4.74 Å². The van der Waals surface area contributed by atoms with Gasteiger partial charge in [0.2, 0.25) is 5.91 Å². The lowest BCUT2D eigenvalue weighted by molar-refractivity contribution is -0.155. The maximum atomic E-state index is 13.1. The fourth-order valence-corrected chi connectivity index (χ4v) is 5.87. The van der Waals surface area contributed by atoms with Crippen molar-refractivity contribution in [2.45, 2.75) is 40.5 Å². The molecule has 0 unspecified atom stereocenters. The minimum absolute atomic E-state index is 0.0446.